The van der Waals surface area contributed by atoms with E-state index in [1.54, 1.807) is 4.31 Å². The maximum absolute atomic E-state index is 13.4. The lowest BCUT2D eigenvalue weighted by Crippen LogP contribution is -2.56. The molecule has 160 valence electrons. The quantitative estimate of drug-likeness (QED) is 0.262. The Morgan fingerprint density at radius 3 is 2.57 bits per heavy atom. The summed E-state index contributed by atoms with van der Waals surface area (Å²) >= 11 is 0. The second-order valence-corrected chi connectivity index (χ2v) is 10.3. The van der Waals surface area contributed by atoms with Crippen LogP contribution in [0.25, 0.3) is 0 Å². The highest BCUT2D eigenvalue weighted by Crippen LogP contribution is 2.36. The van der Waals surface area contributed by atoms with Gasteiger partial charge in [0.05, 0.1) is 0 Å². The summed E-state index contributed by atoms with van der Waals surface area (Å²) in [6.07, 6.45) is 3.56. The van der Waals surface area contributed by atoms with Crippen LogP contribution in [-0.4, -0.2) is 89.6 Å². The van der Waals surface area contributed by atoms with Gasteiger partial charge >= 0.3 is 13.1 Å². The summed E-state index contributed by atoms with van der Waals surface area (Å²) < 4.78 is 29.6. The molecular weight excluding hydrogens is 387 g/mol. The number of nitrogens with two attached hydrogens (primary N) is 1. The Bertz CT molecular complexity index is 670. The molecule has 2 saturated heterocycles. The molecule has 2 heterocycles. The molecule has 0 amide bonds. The lowest BCUT2D eigenvalue weighted by molar-refractivity contribution is -0.144. The van der Waals surface area contributed by atoms with Gasteiger partial charge in [-0.3, -0.25) is 4.79 Å². The summed E-state index contributed by atoms with van der Waals surface area (Å²) in [4.78, 5) is 11.8. The van der Waals surface area contributed by atoms with E-state index in [0.717, 1.165) is 25.8 Å². The number of nitrogens with zero attached hydrogens (tertiary/aromatic N) is 2. The molecule has 28 heavy (non-hydrogen) atoms. The van der Waals surface area contributed by atoms with Crippen LogP contribution < -0.4 is 11.1 Å². The van der Waals surface area contributed by atoms with Crippen LogP contribution in [0.2, 0.25) is 6.32 Å². The molecule has 6 N–H and O–H groups in total. The Hall–Kier alpha value is -0.755. The van der Waals surface area contributed by atoms with Crippen LogP contribution in [0.15, 0.2) is 0 Å². The van der Waals surface area contributed by atoms with Crippen LogP contribution in [0.4, 0.5) is 0 Å². The van der Waals surface area contributed by atoms with Gasteiger partial charge in [-0.1, -0.05) is 6.42 Å². The molecule has 3 fully saturated rings. The molecular formula is C16H31BN4O6S. The largest absolute Gasteiger partial charge is 0.480 e. The minimum Gasteiger partial charge on any atom is -0.480 e. The van der Waals surface area contributed by atoms with E-state index in [1.807, 2.05) is 0 Å². The smallest absolute Gasteiger partial charge is 0.451 e. The molecule has 0 unspecified atom stereocenters. The monoisotopic (exact) mass is 418 g/mol. The van der Waals surface area contributed by atoms with Gasteiger partial charge in [0.25, 0.3) is 10.2 Å². The number of carboxylic acids is 1. The maximum atomic E-state index is 13.4. The van der Waals surface area contributed by atoms with Crippen LogP contribution in [-0.2, 0) is 15.0 Å². The first-order chi connectivity index (χ1) is 13.1. The van der Waals surface area contributed by atoms with Crippen molar-refractivity contribution in [2.75, 3.05) is 32.7 Å². The van der Waals surface area contributed by atoms with Crippen LogP contribution in [0.5, 0.6) is 0 Å². The molecule has 12 heteroatoms. The summed E-state index contributed by atoms with van der Waals surface area (Å²) in [5, 5.41) is 30.9. The lowest BCUT2D eigenvalue weighted by atomic mass is 9.78. The minimum atomic E-state index is -3.83. The van der Waals surface area contributed by atoms with Gasteiger partial charge in [0.2, 0.25) is 0 Å². The second kappa shape index (κ2) is 8.54. The topological polar surface area (TPSA) is 156 Å². The van der Waals surface area contributed by atoms with Crippen molar-refractivity contribution in [1.29, 1.82) is 0 Å². The fourth-order valence-electron chi connectivity index (χ4n) is 4.23. The zero-order chi connectivity index (χ0) is 20.5. The van der Waals surface area contributed by atoms with Crippen molar-refractivity contribution in [3.05, 3.63) is 0 Å². The van der Waals surface area contributed by atoms with Crippen LogP contribution >= 0.6 is 0 Å². The molecule has 10 nitrogen and oxygen atoms in total. The number of nitrogens with one attached hydrogen (secondary N) is 1. The molecule has 0 aromatic heterocycles. The van der Waals surface area contributed by atoms with Gasteiger partial charge in [0.15, 0.2) is 0 Å². The number of carbonyl (C=O) groups is 1. The van der Waals surface area contributed by atoms with Crippen molar-refractivity contribution in [3.63, 3.8) is 0 Å². The molecule has 0 bridgehead atoms. The Morgan fingerprint density at radius 2 is 2.04 bits per heavy atom. The summed E-state index contributed by atoms with van der Waals surface area (Å²) in [6, 6.07) is -0.119. The van der Waals surface area contributed by atoms with Crippen LogP contribution in [0, 0.1) is 11.8 Å². The Morgan fingerprint density at radius 1 is 1.32 bits per heavy atom. The molecule has 3 atom stereocenters. The Labute approximate surface area is 166 Å². The maximum Gasteiger partial charge on any atom is 0.451 e. The SMILES string of the molecule is N[C@@]1(C(=O)O)CN(S(=O)(=O)N(CC2CC2)[C@@H]2CCNC2)C[C@@H]1CCCB(O)O. The second-order valence-electron chi connectivity index (χ2n) is 8.41. The van der Waals surface area contributed by atoms with E-state index in [-0.39, 0.29) is 25.5 Å². The van der Waals surface area contributed by atoms with Crippen molar-refractivity contribution in [3.8, 4) is 0 Å². The number of aliphatic carboxylic acids is 1. The van der Waals surface area contributed by atoms with Gasteiger partial charge in [0, 0.05) is 38.1 Å². The average molecular weight is 418 g/mol. The molecule has 1 aliphatic carbocycles. The highest BCUT2D eigenvalue weighted by Gasteiger charge is 2.54. The molecule has 0 aromatic carbocycles. The van der Waals surface area contributed by atoms with Gasteiger partial charge in [0.1, 0.15) is 5.54 Å². The standard InChI is InChI=1S/C16H31BN4O6S/c18-16(15(22)23)11-20(10-13(16)2-1-6-17(24)25)28(26,27)21(9-12-3-4-12)14-5-7-19-8-14/h12-14,19,24-25H,1-11,18H2,(H,22,23)/t13-,14+,16-/m0/s1. The highest BCUT2D eigenvalue weighted by atomic mass is 32.2. The minimum absolute atomic E-state index is 0.0357. The van der Waals surface area contributed by atoms with Crippen LogP contribution in [0.1, 0.15) is 32.1 Å². The molecule has 2 aliphatic heterocycles. The molecule has 0 radical (unpaired) electrons. The summed E-state index contributed by atoms with van der Waals surface area (Å²) in [5.41, 5.74) is 4.48. The van der Waals surface area contributed by atoms with E-state index in [2.05, 4.69) is 5.32 Å². The van der Waals surface area contributed by atoms with Crippen molar-refractivity contribution in [1.82, 2.24) is 13.9 Å². The van der Waals surface area contributed by atoms with E-state index in [1.165, 1.54) is 4.31 Å². The zero-order valence-electron chi connectivity index (χ0n) is 16.0. The van der Waals surface area contributed by atoms with Gasteiger partial charge in [-0.15, -0.1) is 0 Å². The first kappa shape index (κ1) is 21.9. The first-order valence-electron chi connectivity index (χ1n) is 10.0. The van der Waals surface area contributed by atoms with E-state index in [0.29, 0.717) is 31.8 Å². The summed E-state index contributed by atoms with van der Waals surface area (Å²) in [5.74, 6) is -1.43. The van der Waals surface area contributed by atoms with E-state index in [4.69, 9.17) is 15.8 Å². The molecule has 1 saturated carbocycles. The van der Waals surface area contributed by atoms with Crippen molar-refractivity contribution < 1.29 is 28.4 Å². The fourth-order valence-corrected chi connectivity index (χ4v) is 6.23. The lowest BCUT2D eigenvalue weighted by Gasteiger charge is -2.32. The van der Waals surface area contributed by atoms with E-state index >= 15 is 0 Å². The van der Waals surface area contributed by atoms with Crippen LogP contribution in [0.3, 0.4) is 0 Å². The third kappa shape index (κ3) is 4.69. The van der Waals surface area contributed by atoms with Crippen molar-refractivity contribution >= 4 is 23.3 Å². The van der Waals surface area contributed by atoms with Crippen molar-refractivity contribution in [2.45, 2.75) is 50.0 Å². The Kier molecular flexibility index (Phi) is 6.70. The highest BCUT2D eigenvalue weighted by molar-refractivity contribution is 7.86. The number of hydrogen-bond donors (Lipinski definition) is 5. The van der Waals surface area contributed by atoms with Gasteiger partial charge in [-0.2, -0.15) is 17.0 Å². The van der Waals surface area contributed by atoms with E-state index < -0.39 is 34.8 Å². The van der Waals surface area contributed by atoms with Gasteiger partial charge in [-0.05, 0) is 44.5 Å². The average Bonchev–Trinajstić information content (AvgIpc) is 3.13. The van der Waals surface area contributed by atoms with Gasteiger partial charge < -0.3 is 26.2 Å². The number of rotatable bonds is 10. The third-order valence-electron chi connectivity index (χ3n) is 6.20. The summed E-state index contributed by atoms with van der Waals surface area (Å²) in [7, 11) is -5.30. The summed E-state index contributed by atoms with van der Waals surface area (Å²) in [6.45, 7) is 1.61. The predicted molar refractivity (Wildman–Crippen MR) is 103 cm³/mol. The number of hydrogen-bond acceptors (Lipinski definition) is 7. The Balaban J connectivity index is 1.76. The normalized spacial score (nSPS) is 31.6. The fraction of sp³-hybridized carbons (Fsp3) is 0.938. The van der Waals surface area contributed by atoms with Crippen molar-refractivity contribution in [2.24, 2.45) is 17.6 Å². The number of carboxylic acid groups (broad SMARTS) is 1. The molecule has 0 aromatic rings. The van der Waals surface area contributed by atoms with Gasteiger partial charge in [-0.25, -0.2) is 0 Å². The third-order valence-corrected chi connectivity index (χ3v) is 8.17. The zero-order valence-corrected chi connectivity index (χ0v) is 16.9. The van der Waals surface area contributed by atoms with E-state index in [9.17, 15) is 18.3 Å². The molecule has 3 aliphatic rings. The predicted octanol–water partition coefficient (Wildman–Crippen LogP) is -1.73. The first-order valence-corrected chi connectivity index (χ1v) is 11.4. The molecule has 0 spiro atoms. The molecule has 3 rings (SSSR count).